The highest BCUT2D eigenvalue weighted by Crippen LogP contribution is 2.29. The molecule has 3 heteroatoms. The lowest BCUT2D eigenvalue weighted by Crippen LogP contribution is -2.39. The number of benzene rings is 1. The van der Waals surface area contributed by atoms with Gasteiger partial charge in [0, 0.05) is 22.5 Å². The highest BCUT2D eigenvalue weighted by atomic mass is 35.5. The Morgan fingerprint density at radius 3 is 2.80 bits per heavy atom. The van der Waals surface area contributed by atoms with E-state index in [0.717, 1.165) is 17.9 Å². The third-order valence-corrected chi connectivity index (χ3v) is 3.43. The summed E-state index contributed by atoms with van der Waals surface area (Å²) in [5.41, 5.74) is 1.24. The summed E-state index contributed by atoms with van der Waals surface area (Å²) in [5, 5.41) is 4.61. The van der Waals surface area contributed by atoms with Crippen LogP contribution < -0.4 is 5.32 Å². The SMILES string of the molecule is C[C@@H]1C[C@@H](Cl)C[C@H](c2cccc(Cl)c2)N1. The Morgan fingerprint density at radius 2 is 2.13 bits per heavy atom. The first-order valence-corrected chi connectivity index (χ1v) is 6.12. The molecule has 0 amide bonds. The van der Waals surface area contributed by atoms with E-state index in [1.54, 1.807) is 0 Å². The fraction of sp³-hybridized carbons (Fsp3) is 0.500. The van der Waals surface area contributed by atoms with Crippen LogP contribution in [0.1, 0.15) is 31.4 Å². The summed E-state index contributed by atoms with van der Waals surface area (Å²) in [6.07, 6.45) is 2.02. The second-order valence-corrected chi connectivity index (χ2v) is 5.30. The number of nitrogens with one attached hydrogen (secondary N) is 1. The lowest BCUT2D eigenvalue weighted by atomic mass is 9.94. The molecule has 0 spiro atoms. The Labute approximate surface area is 101 Å². The molecule has 0 unspecified atom stereocenters. The number of rotatable bonds is 1. The van der Waals surface area contributed by atoms with E-state index < -0.39 is 0 Å². The highest BCUT2D eigenvalue weighted by molar-refractivity contribution is 6.30. The number of piperidine rings is 1. The standard InChI is InChI=1S/C12H15Cl2N/c1-8-5-11(14)7-12(15-8)9-3-2-4-10(13)6-9/h2-4,6,8,11-12,15H,5,7H2,1H3/t8-,11-,12-/m1/s1. The first kappa shape index (κ1) is 11.3. The minimum atomic E-state index is 0.269. The van der Waals surface area contributed by atoms with Crippen molar-refractivity contribution in [2.45, 2.75) is 37.2 Å². The summed E-state index contributed by atoms with van der Waals surface area (Å²) >= 11 is 12.2. The van der Waals surface area contributed by atoms with Crippen molar-refractivity contribution in [2.24, 2.45) is 0 Å². The Hall–Kier alpha value is -0.240. The molecule has 1 saturated heterocycles. The molecule has 1 aliphatic heterocycles. The molecular weight excluding hydrogens is 229 g/mol. The van der Waals surface area contributed by atoms with Crippen molar-refractivity contribution in [3.8, 4) is 0 Å². The third-order valence-electron chi connectivity index (χ3n) is 2.84. The topological polar surface area (TPSA) is 12.0 Å². The summed E-state index contributed by atoms with van der Waals surface area (Å²) in [6, 6.07) is 8.82. The zero-order valence-electron chi connectivity index (χ0n) is 8.71. The van der Waals surface area contributed by atoms with Crippen molar-refractivity contribution in [3.05, 3.63) is 34.9 Å². The van der Waals surface area contributed by atoms with E-state index in [-0.39, 0.29) is 5.38 Å². The van der Waals surface area contributed by atoms with Gasteiger partial charge in [-0.15, -0.1) is 11.6 Å². The lowest BCUT2D eigenvalue weighted by Gasteiger charge is -2.32. The van der Waals surface area contributed by atoms with Gasteiger partial charge in [0.2, 0.25) is 0 Å². The van der Waals surface area contributed by atoms with Crippen LogP contribution in [0.15, 0.2) is 24.3 Å². The van der Waals surface area contributed by atoms with Crippen molar-refractivity contribution in [2.75, 3.05) is 0 Å². The lowest BCUT2D eigenvalue weighted by molar-refractivity contribution is 0.346. The molecule has 1 aromatic rings. The van der Waals surface area contributed by atoms with E-state index >= 15 is 0 Å². The van der Waals surface area contributed by atoms with Crippen molar-refractivity contribution in [1.29, 1.82) is 0 Å². The molecule has 0 saturated carbocycles. The molecule has 1 fully saturated rings. The Morgan fingerprint density at radius 1 is 1.33 bits per heavy atom. The maximum Gasteiger partial charge on any atom is 0.0409 e. The molecule has 1 heterocycles. The molecule has 0 aromatic heterocycles. The van der Waals surface area contributed by atoms with Gasteiger partial charge in [0.25, 0.3) is 0 Å². The maximum absolute atomic E-state index is 6.22. The van der Waals surface area contributed by atoms with Gasteiger partial charge in [0.05, 0.1) is 0 Å². The zero-order valence-corrected chi connectivity index (χ0v) is 10.2. The van der Waals surface area contributed by atoms with Gasteiger partial charge in [-0.05, 0) is 37.5 Å². The normalized spacial score (nSPS) is 31.5. The highest BCUT2D eigenvalue weighted by Gasteiger charge is 2.25. The van der Waals surface area contributed by atoms with E-state index in [4.69, 9.17) is 23.2 Å². The Kier molecular flexibility index (Phi) is 3.55. The van der Waals surface area contributed by atoms with E-state index in [0.29, 0.717) is 12.1 Å². The molecule has 0 bridgehead atoms. The number of hydrogen-bond donors (Lipinski definition) is 1. The van der Waals surface area contributed by atoms with Gasteiger partial charge in [-0.1, -0.05) is 23.7 Å². The van der Waals surface area contributed by atoms with Gasteiger partial charge in [0.1, 0.15) is 0 Å². The van der Waals surface area contributed by atoms with Crippen molar-refractivity contribution in [3.63, 3.8) is 0 Å². The van der Waals surface area contributed by atoms with E-state index in [1.807, 2.05) is 18.2 Å². The average Bonchev–Trinajstić information content (AvgIpc) is 2.16. The second-order valence-electron chi connectivity index (χ2n) is 4.24. The van der Waals surface area contributed by atoms with Crippen molar-refractivity contribution in [1.82, 2.24) is 5.32 Å². The zero-order chi connectivity index (χ0) is 10.8. The van der Waals surface area contributed by atoms with Crippen LogP contribution in [0.5, 0.6) is 0 Å². The third kappa shape index (κ3) is 2.87. The summed E-state index contributed by atoms with van der Waals surface area (Å²) in [7, 11) is 0. The predicted molar refractivity (Wildman–Crippen MR) is 65.7 cm³/mol. The smallest absolute Gasteiger partial charge is 0.0409 e. The van der Waals surface area contributed by atoms with Gasteiger partial charge >= 0.3 is 0 Å². The molecule has 1 aliphatic rings. The molecule has 3 atom stereocenters. The first-order valence-electron chi connectivity index (χ1n) is 5.30. The number of alkyl halides is 1. The molecule has 1 aromatic carbocycles. The maximum atomic E-state index is 6.22. The Balaban J connectivity index is 2.16. The molecular formula is C12H15Cl2N. The number of hydrogen-bond acceptors (Lipinski definition) is 1. The molecule has 0 radical (unpaired) electrons. The van der Waals surface area contributed by atoms with Gasteiger partial charge < -0.3 is 5.32 Å². The van der Waals surface area contributed by atoms with Gasteiger partial charge in [-0.25, -0.2) is 0 Å². The number of halogens is 2. The van der Waals surface area contributed by atoms with Crippen LogP contribution in [0.3, 0.4) is 0 Å². The fourth-order valence-electron chi connectivity index (χ4n) is 2.17. The van der Waals surface area contributed by atoms with Gasteiger partial charge in [-0.2, -0.15) is 0 Å². The molecule has 1 N–H and O–H groups in total. The predicted octanol–water partition coefficient (Wildman–Crippen LogP) is 3.76. The molecule has 1 nitrogen and oxygen atoms in total. The van der Waals surface area contributed by atoms with Crippen LogP contribution in [-0.4, -0.2) is 11.4 Å². The minimum absolute atomic E-state index is 0.269. The molecule has 2 rings (SSSR count). The van der Waals surface area contributed by atoms with E-state index in [1.165, 1.54) is 5.56 Å². The summed E-state index contributed by atoms with van der Waals surface area (Å²) < 4.78 is 0. The second kappa shape index (κ2) is 4.73. The molecule has 0 aliphatic carbocycles. The van der Waals surface area contributed by atoms with Crippen LogP contribution in [0.2, 0.25) is 5.02 Å². The van der Waals surface area contributed by atoms with Crippen molar-refractivity contribution >= 4 is 23.2 Å². The average molecular weight is 244 g/mol. The Bertz CT molecular complexity index is 330. The summed E-state index contributed by atoms with van der Waals surface area (Å²) in [6.45, 7) is 2.17. The van der Waals surface area contributed by atoms with Crippen molar-refractivity contribution < 1.29 is 0 Å². The summed E-state index contributed by atoms with van der Waals surface area (Å²) in [4.78, 5) is 0. The molecule has 82 valence electrons. The summed E-state index contributed by atoms with van der Waals surface area (Å²) in [5.74, 6) is 0. The van der Waals surface area contributed by atoms with Gasteiger partial charge in [-0.3, -0.25) is 0 Å². The van der Waals surface area contributed by atoms with Crippen LogP contribution in [0.4, 0.5) is 0 Å². The van der Waals surface area contributed by atoms with Crippen LogP contribution in [0.25, 0.3) is 0 Å². The largest absolute Gasteiger partial charge is 0.307 e. The monoisotopic (exact) mass is 243 g/mol. The first-order chi connectivity index (χ1) is 7.15. The minimum Gasteiger partial charge on any atom is -0.307 e. The quantitative estimate of drug-likeness (QED) is 0.741. The van der Waals surface area contributed by atoms with E-state index in [2.05, 4.69) is 18.3 Å². The van der Waals surface area contributed by atoms with Crippen LogP contribution in [-0.2, 0) is 0 Å². The molecule has 15 heavy (non-hydrogen) atoms. The van der Waals surface area contributed by atoms with E-state index in [9.17, 15) is 0 Å². The fourth-order valence-corrected chi connectivity index (χ4v) is 2.81. The van der Waals surface area contributed by atoms with Crippen LogP contribution in [0, 0.1) is 0 Å². The van der Waals surface area contributed by atoms with Gasteiger partial charge in [0.15, 0.2) is 0 Å². The van der Waals surface area contributed by atoms with Crippen LogP contribution >= 0.6 is 23.2 Å².